The number of nitrogens with zero attached hydrogens (tertiary/aromatic N) is 1. The van der Waals surface area contributed by atoms with Gasteiger partial charge in [-0.3, -0.25) is 4.79 Å². The van der Waals surface area contributed by atoms with Gasteiger partial charge in [0.25, 0.3) is 0 Å². The van der Waals surface area contributed by atoms with Crippen molar-refractivity contribution >= 4 is 35.0 Å². The maximum atomic E-state index is 11.9. The third-order valence-electron chi connectivity index (χ3n) is 2.82. The van der Waals surface area contributed by atoms with Crippen LogP contribution in [0, 0.1) is 6.92 Å². The van der Waals surface area contributed by atoms with Crippen LogP contribution in [0.3, 0.4) is 0 Å². The number of hydrogen-bond acceptors (Lipinski definition) is 5. The first-order valence-electron chi connectivity index (χ1n) is 5.55. The number of carboxylic acids is 1. The van der Waals surface area contributed by atoms with Crippen molar-refractivity contribution < 1.29 is 14.7 Å². The van der Waals surface area contributed by atoms with Gasteiger partial charge in [-0.15, -0.1) is 11.3 Å². The van der Waals surface area contributed by atoms with Crippen molar-refractivity contribution in [1.29, 1.82) is 0 Å². The number of amides is 1. The van der Waals surface area contributed by atoms with Crippen LogP contribution in [-0.2, 0) is 16.0 Å². The Morgan fingerprint density at radius 2 is 2.39 bits per heavy atom. The van der Waals surface area contributed by atoms with Gasteiger partial charge in [0.15, 0.2) is 0 Å². The average Bonchev–Trinajstić information content (AvgIpc) is 2.89. The van der Waals surface area contributed by atoms with Crippen LogP contribution in [0.15, 0.2) is 5.38 Å². The molecule has 18 heavy (non-hydrogen) atoms. The topological polar surface area (TPSA) is 79.3 Å². The molecule has 0 bridgehead atoms. The van der Waals surface area contributed by atoms with Crippen LogP contribution in [0.2, 0.25) is 0 Å². The number of thiazole rings is 1. The highest BCUT2D eigenvalue weighted by Gasteiger charge is 2.43. The number of aliphatic carboxylic acids is 1. The molecule has 1 aromatic heterocycles. The number of nitrogens with one attached hydrogen (secondary N) is 1. The fraction of sp³-hybridized carbons (Fsp3) is 0.545. The average molecular weight is 286 g/mol. The minimum atomic E-state index is -1.09. The molecule has 0 aromatic carbocycles. The summed E-state index contributed by atoms with van der Waals surface area (Å²) in [6, 6.07) is 0. The van der Waals surface area contributed by atoms with E-state index >= 15 is 0 Å². The molecule has 0 saturated carbocycles. The third-order valence-corrected chi connectivity index (χ3v) is 4.83. The zero-order valence-corrected chi connectivity index (χ0v) is 11.6. The first-order chi connectivity index (χ1) is 8.52. The van der Waals surface area contributed by atoms with Crippen LogP contribution in [0.25, 0.3) is 0 Å². The maximum absolute atomic E-state index is 11.9. The van der Waals surface area contributed by atoms with E-state index in [0.29, 0.717) is 17.9 Å². The van der Waals surface area contributed by atoms with E-state index in [2.05, 4.69) is 10.3 Å². The second kappa shape index (κ2) is 5.27. The summed E-state index contributed by atoms with van der Waals surface area (Å²) >= 11 is 3.04. The van der Waals surface area contributed by atoms with Crippen molar-refractivity contribution in [3.63, 3.8) is 0 Å². The van der Waals surface area contributed by atoms with Crippen molar-refractivity contribution in [1.82, 2.24) is 10.3 Å². The molecule has 0 aliphatic carbocycles. The van der Waals surface area contributed by atoms with Gasteiger partial charge in [-0.25, -0.2) is 9.78 Å². The number of carbonyl (C=O) groups excluding carboxylic acids is 1. The van der Waals surface area contributed by atoms with Gasteiger partial charge < -0.3 is 10.4 Å². The summed E-state index contributed by atoms with van der Waals surface area (Å²) in [7, 11) is 0. The van der Waals surface area contributed by atoms with E-state index in [4.69, 9.17) is 0 Å². The molecule has 2 rings (SSSR count). The van der Waals surface area contributed by atoms with Crippen LogP contribution in [-0.4, -0.2) is 39.0 Å². The van der Waals surface area contributed by atoms with E-state index in [1.54, 1.807) is 11.8 Å². The summed E-state index contributed by atoms with van der Waals surface area (Å²) < 4.78 is 0. The van der Waals surface area contributed by atoms with E-state index in [9.17, 15) is 14.7 Å². The maximum Gasteiger partial charge on any atom is 0.330 e. The summed E-state index contributed by atoms with van der Waals surface area (Å²) in [5.41, 5.74) is -0.395. The van der Waals surface area contributed by atoms with Crippen molar-refractivity contribution in [2.75, 3.05) is 11.5 Å². The molecule has 98 valence electrons. The predicted molar refractivity (Wildman–Crippen MR) is 71.0 cm³/mol. The van der Waals surface area contributed by atoms with Gasteiger partial charge in [0.05, 0.1) is 17.1 Å². The summed E-state index contributed by atoms with van der Waals surface area (Å²) in [6.07, 6.45) is 0.624. The minimum Gasteiger partial charge on any atom is -0.479 e. The van der Waals surface area contributed by atoms with Gasteiger partial charge in [-0.1, -0.05) is 0 Å². The number of carbonyl (C=O) groups is 2. The van der Waals surface area contributed by atoms with Crippen molar-refractivity contribution in [3.05, 3.63) is 16.1 Å². The Morgan fingerprint density at radius 1 is 1.61 bits per heavy atom. The zero-order chi connectivity index (χ0) is 13.2. The van der Waals surface area contributed by atoms with Gasteiger partial charge >= 0.3 is 5.97 Å². The Balaban J connectivity index is 1.99. The molecule has 7 heteroatoms. The van der Waals surface area contributed by atoms with Gasteiger partial charge in [0.1, 0.15) is 5.54 Å². The molecular weight excluding hydrogens is 272 g/mol. The molecule has 0 unspecified atom stereocenters. The Bertz CT molecular complexity index is 467. The van der Waals surface area contributed by atoms with E-state index in [1.165, 1.54) is 11.3 Å². The molecule has 1 fully saturated rings. The fourth-order valence-corrected chi connectivity index (χ4v) is 3.79. The normalized spacial score (nSPS) is 22.9. The second-order valence-corrected chi connectivity index (χ2v) is 6.44. The Hall–Kier alpha value is -1.08. The monoisotopic (exact) mass is 286 g/mol. The van der Waals surface area contributed by atoms with Gasteiger partial charge in [-0.05, 0) is 19.1 Å². The number of rotatable bonds is 4. The zero-order valence-electron chi connectivity index (χ0n) is 9.93. The third kappa shape index (κ3) is 2.84. The summed E-state index contributed by atoms with van der Waals surface area (Å²) in [5, 5.41) is 14.6. The molecule has 1 aliphatic heterocycles. The molecule has 2 N–H and O–H groups in total. The first-order valence-corrected chi connectivity index (χ1v) is 7.58. The van der Waals surface area contributed by atoms with Crippen LogP contribution in [0.1, 0.15) is 17.1 Å². The minimum absolute atomic E-state index is 0.143. The van der Waals surface area contributed by atoms with E-state index in [1.807, 2.05) is 12.3 Å². The SMILES string of the molecule is Cc1nc(CC(=O)N[C@]2(C(=O)O)CCSC2)cs1. The molecule has 0 radical (unpaired) electrons. The molecule has 1 atom stereocenters. The second-order valence-electron chi connectivity index (χ2n) is 4.27. The molecule has 1 saturated heterocycles. The Kier molecular flexibility index (Phi) is 3.91. The fourth-order valence-electron chi connectivity index (χ4n) is 1.85. The van der Waals surface area contributed by atoms with Crippen LogP contribution in [0.4, 0.5) is 0 Å². The standard InChI is InChI=1S/C11H14N2O3S2/c1-7-12-8(5-18-7)4-9(14)13-11(10(15)16)2-3-17-6-11/h5H,2-4,6H2,1H3,(H,13,14)(H,15,16)/t11-/m1/s1. The van der Waals surface area contributed by atoms with Crippen LogP contribution < -0.4 is 5.32 Å². The number of aromatic nitrogens is 1. The molecule has 5 nitrogen and oxygen atoms in total. The Morgan fingerprint density at radius 3 is 2.89 bits per heavy atom. The number of hydrogen-bond donors (Lipinski definition) is 2. The number of thioether (sulfide) groups is 1. The van der Waals surface area contributed by atoms with E-state index in [-0.39, 0.29) is 12.3 Å². The highest BCUT2D eigenvalue weighted by molar-refractivity contribution is 7.99. The smallest absolute Gasteiger partial charge is 0.330 e. The highest BCUT2D eigenvalue weighted by Crippen LogP contribution is 2.28. The Labute approximate surface area is 113 Å². The van der Waals surface area contributed by atoms with Crippen molar-refractivity contribution in [2.45, 2.75) is 25.3 Å². The summed E-state index contributed by atoms with van der Waals surface area (Å²) in [4.78, 5) is 27.3. The largest absolute Gasteiger partial charge is 0.479 e. The first kappa shape index (κ1) is 13.4. The van der Waals surface area contributed by atoms with E-state index in [0.717, 1.165) is 10.8 Å². The lowest BCUT2D eigenvalue weighted by atomic mass is 9.99. The summed E-state index contributed by atoms with van der Waals surface area (Å²) in [5.74, 6) is -0.0208. The van der Waals surface area contributed by atoms with Gasteiger partial charge in [0.2, 0.25) is 5.91 Å². The molecule has 0 spiro atoms. The number of carboxylic acid groups (broad SMARTS) is 1. The van der Waals surface area contributed by atoms with Crippen molar-refractivity contribution in [2.24, 2.45) is 0 Å². The van der Waals surface area contributed by atoms with Crippen molar-refractivity contribution in [3.8, 4) is 0 Å². The quantitative estimate of drug-likeness (QED) is 0.865. The molecular formula is C11H14N2O3S2. The summed E-state index contributed by atoms with van der Waals surface area (Å²) in [6.45, 7) is 1.87. The van der Waals surface area contributed by atoms with Crippen LogP contribution >= 0.6 is 23.1 Å². The van der Waals surface area contributed by atoms with Crippen LogP contribution in [0.5, 0.6) is 0 Å². The molecule has 1 aliphatic rings. The lowest BCUT2D eigenvalue weighted by molar-refractivity contribution is -0.146. The predicted octanol–water partition coefficient (Wildman–Crippen LogP) is 1.07. The molecule has 2 heterocycles. The number of aryl methyl sites for hydroxylation is 1. The lowest BCUT2D eigenvalue weighted by Crippen LogP contribution is -2.55. The van der Waals surface area contributed by atoms with Gasteiger partial charge in [-0.2, -0.15) is 11.8 Å². The highest BCUT2D eigenvalue weighted by atomic mass is 32.2. The van der Waals surface area contributed by atoms with Gasteiger partial charge in [0, 0.05) is 11.1 Å². The molecule has 1 aromatic rings. The lowest BCUT2D eigenvalue weighted by Gasteiger charge is -2.24. The molecule has 1 amide bonds. The van der Waals surface area contributed by atoms with E-state index < -0.39 is 11.5 Å².